The van der Waals surface area contributed by atoms with E-state index >= 15 is 0 Å². The summed E-state index contributed by atoms with van der Waals surface area (Å²) in [6.07, 6.45) is 0. The van der Waals surface area contributed by atoms with Crippen molar-refractivity contribution in [2.45, 2.75) is 26.3 Å². The minimum absolute atomic E-state index is 0. The van der Waals surface area contributed by atoms with Gasteiger partial charge in [0.05, 0.1) is 0 Å². The van der Waals surface area contributed by atoms with Crippen LogP contribution in [0.3, 0.4) is 0 Å². The van der Waals surface area contributed by atoms with Crippen LogP contribution >= 0.6 is 12.4 Å². The van der Waals surface area contributed by atoms with Gasteiger partial charge in [-0.25, -0.2) is 0 Å². The van der Waals surface area contributed by atoms with E-state index in [0.29, 0.717) is 0 Å². The summed E-state index contributed by atoms with van der Waals surface area (Å²) in [7, 11) is 0. The molecule has 0 aliphatic rings. The Kier molecular flexibility index (Phi) is 3.75. The zero-order valence-corrected chi connectivity index (χ0v) is 8.61. The van der Waals surface area contributed by atoms with Gasteiger partial charge in [0.15, 0.2) is 0 Å². The second-order valence-electron chi connectivity index (χ2n) is 3.59. The minimum Gasteiger partial charge on any atom is -0.322 e. The molecular weight excluding hydrogens is 170 g/mol. The van der Waals surface area contributed by atoms with Gasteiger partial charge in [-0.05, 0) is 26.3 Å². The van der Waals surface area contributed by atoms with Crippen molar-refractivity contribution in [2.24, 2.45) is 5.73 Å². The molecule has 1 nitrogen and oxygen atoms in total. The third-order valence-corrected chi connectivity index (χ3v) is 1.76. The van der Waals surface area contributed by atoms with Crippen molar-refractivity contribution in [3.63, 3.8) is 0 Å². The number of aryl methyl sites for hydroxylation is 1. The largest absolute Gasteiger partial charge is 0.322 e. The number of nitrogens with two attached hydrogens (primary N) is 1. The molecule has 0 radical (unpaired) electrons. The Labute approximate surface area is 80.4 Å². The monoisotopic (exact) mass is 185 g/mol. The van der Waals surface area contributed by atoms with Crippen molar-refractivity contribution in [3.8, 4) is 0 Å². The van der Waals surface area contributed by atoms with Crippen LogP contribution in [-0.4, -0.2) is 0 Å². The zero-order valence-electron chi connectivity index (χ0n) is 7.79. The van der Waals surface area contributed by atoms with Crippen LogP contribution in [0.25, 0.3) is 0 Å². The molecule has 12 heavy (non-hydrogen) atoms. The molecule has 0 bridgehead atoms. The molecule has 0 aliphatic carbocycles. The average Bonchev–Trinajstić information content (AvgIpc) is 1.86. The maximum atomic E-state index is 5.93. The SMILES string of the molecule is Cc1cccc(C(C)(C)N)c1.Cl. The Balaban J connectivity index is 0.00000121. The van der Waals surface area contributed by atoms with Gasteiger partial charge in [-0.2, -0.15) is 0 Å². The summed E-state index contributed by atoms with van der Waals surface area (Å²) in [5, 5.41) is 0. The fraction of sp³-hybridized carbons (Fsp3) is 0.400. The molecule has 0 atom stereocenters. The number of halogens is 1. The van der Waals surface area contributed by atoms with Crippen molar-refractivity contribution in [3.05, 3.63) is 35.4 Å². The van der Waals surface area contributed by atoms with E-state index in [4.69, 9.17) is 5.73 Å². The van der Waals surface area contributed by atoms with Crippen LogP contribution in [0, 0.1) is 6.92 Å². The van der Waals surface area contributed by atoms with Crippen molar-refractivity contribution < 1.29 is 0 Å². The Hall–Kier alpha value is -0.530. The van der Waals surface area contributed by atoms with E-state index in [1.54, 1.807) is 0 Å². The van der Waals surface area contributed by atoms with E-state index in [1.165, 1.54) is 11.1 Å². The molecule has 1 aromatic rings. The first-order valence-electron chi connectivity index (χ1n) is 3.86. The fourth-order valence-corrected chi connectivity index (χ4v) is 1.05. The summed E-state index contributed by atoms with van der Waals surface area (Å²) in [6.45, 7) is 6.11. The van der Waals surface area contributed by atoms with Gasteiger partial charge in [0.1, 0.15) is 0 Å². The highest BCUT2D eigenvalue weighted by atomic mass is 35.5. The van der Waals surface area contributed by atoms with Crippen LogP contribution in [0.15, 0.2) is 24.3 Å². The first-order valence-corrected chi connectivity index (χ1v) is 3.86. The molecule has 0 heterocycles. The van der Waals surface area contributed by atoms with E-state index in [2.05, 4.69) is 25.1 Å². The summed E-state index contributed by atoms with van der Waals surface area (Å²) in [5.41, 5.74) is 8.17. The lowest BCUT2D eigenvalue weighted by molar-refractivity contribution is 0.554. The quantitative estimate of drug-likeness (QED) is 0.715. The standard InChI is InChI=1S/C10H15N.ClH/c1-8-5-4-6-9(7-8)10(2,3)11;/h4-7H,11H2,1-3H3;1H. The van der Waals surface area contributed by atoms with Gasteiger partial charge >= 0.3 is 0 Å². The van der Waals surface area contributed by atoms with Crippen LogP contribution in [0.4, 0.5) is 0 Å². The lowest BCUT2D eigenvalue weighted by atomic mass is 9.94. The predicted octanol–water partition coefficient (Wildman–Crippen LogP) is 2.61. The lowest BCUT2D eigenvalue weighted by Gasteiger charge is -2.19. The van der Waals surface area contributed by atoms with E-state index in [1.807, 2.05) is 19.9 Å². The first kappa shape index (κ1) is 11.5. The Morgan fingerprint density at radius 2 is 1.83 bits per heavy atom. The maximum Gasteiger partial charge on any atom is 0.0352 e. The van der Waals surface area contributed by atoms with Crippen LogP contribution in [0.2, 0.25) is 0 Å². The third-order valence-electron chi connectivity index (χ3n) is 1.76. The predicted molar refractivity (Wildman–Crippen MR) is 55.6 cm³/mol. The van der Waals surface area contributed by atoms with Crippen molar-refractivity contribution in [2.75, 3.05) is 0 Å². The van der Waals surface area contributed by atoms with Gasteiger partial charge in [0.25, 0.3) is 0 Å². The Bertz CT molecular complexity index is 250. The van der Waals surface area contributed by atoms with Crippen LogP contribution in [0.5, 0.6) is 0 Å². The molecule has 1 rings (SSSR count). The van der Waals surface area contributed by atoms with E-state index in [-0.39, 0.29) is 17.9 Å². The zero-order chi connectivity index (χ0) is 8.48. The molecule has 68 valence electrons. The van der Waals surface area contributed by atoms with Gasteiger partial charge in [0.2, 0.25) is 0 Å². The van der Waals surface area contributed by atoms with Crippen molar-refractivity contribution >= 4 is 12.4 Å². The summed E-state index contributed by atoms with van der Waals surface area (Å²) >= 11 is 0. The number of rotatable bonds is 1. The highest BCUT2D eigenvalue weighted by Crippen LogP contribution is 2.16. The molecular formula is C10H16ClN. The second-order valence-corrected chi connectivity index (χ2v) is 3.59. The summed E-state index contributed by atoms with van der Waals surface area (Å²) in [5.74, 6) is 0. The van der Waals surface area contributed by atoms with E-state index in [9.17, 15) is 0 Å². The van der Waals surface area contributed by atoms with Gasteiger partial charge in [-0.1, -0.05) is 29.8 Å². The second kappa shape index (κ2) is 3.92. The number of hydrogen-bond donors (Lipinski definition) is 1. The summed E-state index contributed by atoms with van der Waals surface area (Å²) in [6, 6.07) is 8.31. The van der Waals surface area contributed by atoms with Crippen LogP contribution < -0.4 is 5.73 Å². The molecule has 1 aromatic carbocycles. The van der Waals surface area contributed by atoms with Gasteiger partial charge in [0, 0.05) is 5.54 Å². The summed E-state index contributed by atoms with van der Waals surface area (Å²) < 4.78 is 0. The normalized spacial score (nSPS) is 10.7. The molecule has 2 N–H and O–H groups in total. The number of hydrogen-bond acceptors (Lipinski definition) is 1. The first-order chi connectivity index (χ1) is 5.00. The molecule has 0 fully saturated rings. The molecule has 0 amide bonds. The van der Waals surface area contributed by atoms with Gasteiger partial charge in [-0.3, -0.25) is 0 Å². The molecule has 0 unspecified atom stereocenters. The Morgan fingerprint density at radius 1 is 1.25 bits per heavy atom. The number of benzene rings is 1. The summed E-state index contributed by atoms with van der Waals surface area (Å²) in [4.78, 5) is 0. The highest BCUT2D eigenvalue weighted by molar-refractivity contribution is 5.85. The van der Waals surface area contributed by atoms with Gasteiger partial charge in [-0.15, -0.1) is 12.4 Å². The average molecular weight is 186 g/mol. The molecule has 0 spiro atoms. The fourth-order valence-electron chi connectivity index (χ4n) is 1.05. The maximum absolute atomic E-state index is 5.93. The minimum atomic E-state index is -0.216. The van der Waals surface area contributed by atoms with Crippen molar-refractivity contribution in [1.82, 2.24) is 0 Å². The van der Waals surface area contributed by atoms with E-state index in [0.717, 1.165) is 0 Å². The molecule has 0 saturated heterocycles. The van der Waals surface area contributed by atoms with Crippen molar-refractivity contribution in [1.29, 1.82) is 0 Å². The third kappa shape index (κ3) is 2.84. The molecule has 0 aliphatic heterocycles. The van der Waals surface area contributed by atoms with Crippen LogP contribution in [0.1, 0.15) is 25.0 Å². The van der Waals surface area contributed by atoms with E-state index < -0.39 is 0 Å². The smallest absolute Gasteiger partial charge is 0.0352 e. The van der Waals surface area contributed by atoms with Crippen LogP contribution in [-0.2, 0) is 5.54 Å². The topological polar surface area (TPSA) is 26.0 Å². The Morgan fingerprint density at radius 3 is 2.17 bits per heavy atom. The molecule has 0 saturated carbocycles. The lowest BCUT2D eigenvalue weighted by Crippen LogP contribution is -2.28. The highest BCUT2D eigenvalue weighted by Gasteiger charge is 2.12. The molecule has 2 heteroatoms. The van der Waals surface area contributed by atoms with Gasteiger partial charge < -0.3 is 5.73 Å². The molecule has 0 aromatic heterocycles.